The van der Waals surface area contributed by atoms with Crippen LogP contribution in [0.3, 0.4) is 0 Å². The predicted molar refractivity (Wildman–Crippen MR) is 60.8 cm³/mol. The minimum absolute atomic E-state index is 0.00115. The monoisotopic (exact) mass is 239 g/mol. The second-order valence-corrected chi connectivity index (χ2v) is 4.25. The summed E-state index contributed by atoms with van der Waals surface area (Å²) in [6.07, 6.45) is 0. The van der Waals surface area contributed by atoms with E-state index in [0.29, 0.717) is 11.6 Å². The van der Waals surface area contributed by atoms with Crippen LogP contribution in [0.4, 0.5) is 0 Å². The molecule has 0 bridgehead atoms. The van der Waals surface area contributed by atoms with Crippen molar-refractivity contribution in [2.24, 2.45) is 0 Å². The molecule has 1 aromatic heterocycles. The Bertz CT molecular complexity index is 383. The highest BCUT2D eigenvalue weighted by Crippen LogP contribution is 2.10. The summed E-state index contributed by atoms with van der Waals surface area (Å²) < 4.78 is 10.1. The predicted octanol–water partition coefficient (Wildman–Crippen LogP) is 0.136. The third kappa shape index (κ3) is 3.20. The first-order valence-electron chi connectivity index (χ1n) is 5.67. The van der Waals surface area contributed by atoms with Gasteiger partial charge in [-0.2, -0.15) is 0 Å². The summed E-state index contributed by atoms with van der Waals surface area (Å²) in [7, 11) is 2.05. The molecular weight excluding hydrogens is 222 g/mol. The van der Waals surface area contributed by atoms with Gasteiger partial charge in [0, 0.05) is 32.2 Å². The number of likely N-dealkylation sites (N-methyl/N-ethyl adjacent to an activating group) is 1. The molecule has 0 radical (unpaired) electrons. The minimum Gasteiger partial charge on any atom is -0.465 e. The SMILES string of the molecule is Cc1cc(OCC(=O)N2CCN(C)CC2)no1. The molecule has 2 rings (SSSR count). The van der Waals surface area contributed by atoms with Crippen molar-refractivity contribution < 1.29 is 14.1 Å². The van der Waals surface area contributed by atoms with Gasteiger partial charge in [-0.25, -0.2) is 0 Å². The Morgan fingerprint density at radius 1 is 1.47 bits per heavy atom. The lowest BCUT2D eigenvalue weighted by atomic mass is 10.3. The maximum Gasteiger partial charge on any atom is 0.260 e. The van der Waals surface area contributed by atoms with E-state index in [1.165, 1.54) is 0 Å². The third-order valence-corrected chi connectivity index (χ3v) is 2.81. The van der Waals surface area contributed by atoms with E-state index in [2.05, 4.69) is 17.1 Å². The summed E-state index contributed by atoms with van der Waals surface area (Å²) >= 11 is 0. The van der Waals surface area contributed by atoms with Crippen LogP contribution in [0, 0.1) is 6.92 Å². The average molecular weight is 239 g/mol. The smallest absolute Gasteiger partial charge is 0.260 e. The average Bonchev–Trinajstić information content (AvgIpc) is 2.73. The molecule has 2 heterocycles. The molecule has 1 aliphatic rings. The summed E-state index contributed by atoms with van der Waals surface area (Å²) in [5, 5.41) is 3.67. The van der Waals surface area contributed by atoms with Crippen LogP contribution in [0.25, 0.3) is 0 Å². The van der Waals surface area contributed by atoms with Gasteiger partial charge in [0.15, 0.2) is 6.61 Å². The van der Waals surface area contributed by atoms with E-state index in [-0.39, 0.29) is 12.5 Å². The summed E-state index contributed by atoms with van der Waals surface area (Å²) in [4.78, 5) is 15.8. The molecule has 6 nitrogen and oxygen atoms in total. The molecule has 0 saturated carbocycles. The molecule has 1 amide bonds. The number of hydrogen-bond donors (Lipinski definition) is 0. The lowest BCUT2D eigenvalue weighted by molar-refractivity contribution is -0.135. The zero-order valence-corrected chi connectivity index (χ0v) is 10.2. The normalized spacial score (nSPS) is 17.2. The van der Waals surface area contributed by atoms with Crippen molar-refractivity contribution in [3.63, 3.8) is 0 Å². The molecule has 0 N–H and O–H groups in total. The van der Waals surface area contributed by atoms with E-state index in [9.17, 15) is 4.79 Å². The number of hydrogen-bond acceptors (Lipinski definition) is 5. The van der Waals surface area contributed by atoms with Gasteiger partial charge in [-0.05, 0) is 19.1 Å². The molecule has 0 aliphatic carbocycles. The topological polar surface area (TPSA) is 58.8 Å². The first-order chi connectivity index (χ1) is 8.15. The quantitative estimate of drug-likeness (QED) is 0.750. The van der Waals surface area contributed by atoms with Crippen LogP contribution in [0.15, 0.2) is 10.6 Å². The molecule has 0 aromatic carbocycles. The number of rotatable bonds is 3. The molecule has 0 spiro atoms. The largest absolute Gasteiger partial charge is 0.465 e. The summed E-state index contributed by atoms with van der Waals surface area (Å²) in [5.74, 6) is 1.04. The maximum atomic E-state index is 11.8. The van der Waals surface area contributed by atoms with Crippen molar-refractivity contribution in [2.45, 2.75) is 6.92 Å². The Kier molecular flexibility index (Phi) is 3.63. The van der Waals surface area contributed by atoms with Gasteiger partial charge in [-0.3, -0.25) is 4.79 Å². The minimum atomic E-state index is -0.00115. The second kappa shape index (κ2) is 5.18. The van der Waals surface area contributed by atoms with Gasteiger partial charge in [0.1, 0.15) is 5.76 Å². The Labute approximate surface area is 100 Å². The Morgan fingerprint density at radius 2 is 2.18 bits per heavy atom. The number of carbonyl (C=O) groups excluding carboxylic acids is 1. The molecular formula is C11H17N3O3. The number of carbonyl (C=O) groups is 1. The first kappa shape index (κ1) is 11.9. The highest BCUT2D eigenvalue weighted by Gasteiger charge is 2.19. The van der Waals surface area contributed by atoms with Crippen LogP contribution in [-0.4, -0.2) is 60.7 Å². The van der Waals surface area contributed by atoms with Crippen LogP contribution < -0.4 is 4.74 Å². The van der Waals surface area contributed by atoms with Crippen molar-refractivity contribution in [1.82, 2.24) is 15.0 Å². The standard InChI is InChI=1S/C11H17N3O3/c1-9-7-10(12-17-9)16-8-11(15)14-5-3-13(2)4-6-14/h7H,3-6,8H2,1-2H3. The lowest BCUT2D eigenvalue weighted by Gasteiger charge is -2.32. The molecule has 6 heteroatoms. The molecule has 1 aliphatic heterocycles. The van der Waals surface area contributed by atoms with Crippen molar-refractivity contribution in [1.29, 1.82) is 0 Å². The molecule has 1 saturated heterocycles. The fourth-order valence-electron chi connectivity index (χ4n) is 1.69. The molecule has 94 valence electrons. The number of piperazine rings is 1. The third-order valence-electron chi connectivity index (χ3n) is 2.81. The summed E-state index contributed by atoms with van der Waals surface area (Å²) in [5.41, 5.74) is 0. The van der Waals surface area contributed by atoms with Gasteiger partial charge >= 0.3 is 0 Å². The van der Waals surface area contributed by atoms with E-state index in [1.54, 1.807) is 13.0 Å². The van der Waals surface area contributed by atoms with E-state index in [0.717, 1.165) is 26.2 Å². The van der Waals surface area contributed by atoms with E-state index in [4.69, 9.17) is 9.26 Å². The first-order valence-corrected chi connectivity index (χ1v) is 5.67. The van der Waals surface area contributed by atoms with Crippen LogP contribution in [0.1, 0.15) is 5.76 Å². The van der Waals surface area contributed by atoms with Crippen molar-refractivity contribution in [2.75, 3.05) is 39.8 Å². The van der Waals surface area contributed by atoms with Gasteiger partial charge in [0.05, 0.1) is 0 Å². The van der Waals surface area contributed by atoms with Gasteiger partial charge in [-0.15, -0.1) is 0 Å². The van der Waals surface area contributed by atoms with Crippen molar-refractivity contribution >= 4 is 5.91 Å². The Balaban J connectivity index is 1.77. The van der Waals surface area contributed by atoms with Crippen molar-refractivity contribution in [3.05, 3.63) is 11.8 Å². The number of amides is 1. The van der Waals surface area contributed by atoms with Gasteiger partial charge in [-0.1, -0.05) is 0 Å². The van der Waals surface area contributed by atoms with Crippen molar-refractivity contribution in [3.8, 4) is 5.88 Å². The summed E-state index contributed by atoms with van der Waals surface area (Å²) in [6, 6.07) is 1.66. The zero-order valence-electron chi connectivity index (χ0n) is 10.2. The lowest BCUT2D eigenvalue weighted by Crippen LogP contribution is -2.48. The van der Waals surface area contributed by atoms with E-state index < -0.39 is 0 Å². The van der Waals surface area contributed by atoms with E-state index in [1.807, 2.05) is 4.90 Å². The number of ether oxygens (including phenoxy) is 1. The summed E-state index contributed by atoms with van der Waals surface area (Å²) in [6.45, 7) is 5.15. The fraction of sp³-hybridized carbons (Fsp3) is 0.636. The van der Waals surface area contributed by atoms with Crippen LogP contribution >= 0.6 is 0 Å². The van der Waals surface area contributed by atoms with Crippen LogP contribution in [0.5, 0.6) is 5.88 Å². The van der Waals surface area contributed by atoms with Gasteiger partial charge in [0.2, 0.25) is 0 Å². The van der Waals surface area contributed by atoms with Gasteiger partial charge < -0.3 is 19.1 Å². The molecule has 0 atom stereocenters. The number of aryl methyl sites for hydroxylation is 1. The highest BCUT2D eigenvalue weighted by molar-refractivity contribution is 5.77. The zero-order chi connectivity index (χ0) is 12.3. The van der Waals surface area contributed by atoms with Gasteiger partial charge in [0.25, 0.3) is 11.8 Å². The van der Waals surface area contributed by atoms with E-state index >= 15 is 0 Å². The van der Waals surface area contributed by atoms with Crippen LogP contribution in [0.2, 0.25) is 0 Å². The second-order valence-electron chi connectivity index (χ2n) is 4.25. The number of aromatic nitrogens is 1. The Morgan fingerprint density at radius 3 is 2.76 bits per heavy atom. The highest BCUT2D eigenvalue weighted by atomic mass is 16.5. The fourth-order valence-corrected chi connectivity index (χ4v) is 1.69. The Hall–Kier alpha value is -1.56. The molecule has 17 heavy (non-hydrogen) atoms. The molecule has 0 unspecified atom stereocenters. The number of nitrogens with zero attached hydrogens (tertiary/aromatic N) is 3. The van der Waals surface area contributed by atoms with Crippen LogP contribution in [-0.2, 0) is 4.79 Å². The molecule has 1 aromatic rings. The maximum absolute atomic E-state index is 11.8. The molecule has 1 fully saturated rings.